The zero-order chi connectivity index (χ0) is 18.7. The van der Waals surface area contributed by atoms with Crippen molar-refractivity contribution < 1.29 is 14.5 Å². The number of halogens is 1. The van der Waals surface area contributed by atoms with Crippen molar-refractivity contribution in [2.24, 2.45) is 11.7 Å². The molecule has 26 heavy (non-hydrogen) atoms. The molecule has 0 saturated carbocycles. The molecule has 0 unspecified atom stereocenters. The Hall–Kier alpha value is -1.79. The number of primary amides is 1. The van der Waals surface area contributed by atoms with Crippen LogP contribution in [0.1, 0.15) is 18.4 Å². The summed E-state index contributed by atoms with van der Waals surface area (Å²) in [6.45, 7) is 7.48. The summed E-state index contributed by atoms with van der Waals surface area (Å²) in [6.07, 6.45) is 1.65. The molecule has 3 N–H and O–H groups in total. The number of anilines is 1. The molecule has 3 rings (SSSR count). The Labute approximate surface area is 159 Å². The van der Waals surface area contributed by atoms with Crippen LogP contribution in [0.25, 0.3) is 0 Å². The Balaban J connectivity index is 1.51. The van der Waals surface area contributed by atoms with Gasteiger partial charge in [0.2, 0.25) is 5.91 Å². The van der Waals surface area contributed by atoms with Gasteiger partial charge in [0, 0.05) is 23.8 Å². The van der Waals surface area contributed by atoms with E-state index in [1.54, 1.807) is 0 Å². The quantitative estimate of drug-likeness (QED) is 0.778. The third kappa shape index (κ3) is 4.48. The minimum Gasteiger partial charge on any atom is -0.369 e. The van der Waals surface area contributed by atoms with Crippen molar-refractivity contribution in [3.63, 3.8) is 0 Å². The van der Waals surface area contributed by atoms with Gasteiger partial charge in [0.1, 0.15) is 0 Å². The molecule has 0 aromatic heterocycles. The van der Waals surface area contributed by atoms with E-state index < -0.39 is 0 Å². The van der Waals surface area contributed by atoms with Gasteiger partial charge in [0.25, 0.3) is 5.91 Å². The Bertz CT molecular complexity index is 674. The molecule has 0 spiro atoms. The van der Waals surface area contributed by atoms with Crippen LogP contribution in [0.15, 0.2) is 18.2 Å². The van der Waals surface area contributed by atoms with Gasteiger partial charge in [-0.05, 0) is 37.5 Å². The zero-order valence-corrected chi connectivity index (χ0v) is 16.1. The number of nitrogens with zero attached hydrogens (tertiary/aromatic N) is 2. The van der Waals surface area contributed by atoms with Crippen molar-refractivity contribution in [1.82, 2.24) is 4.90 Å². The molecule has 0 bridgehead atoms. The summed E-state index contributed by atoms with van der Waals surface area (Å²) in [7, 11) is 0. The summed E-state index contributed by atoms with van der Waals surface area (Å²) < 4.78 is 0. The number of carbonyl (C=O) groups is 2. The standard InChI is InChI=1S/C19H27ClN4O2/c1-14-4-5-16(20)11-17(14)23-9-7-22(8-10-23)13-18(25)24-6-2-3-15(12-24)19(21)26/h4-5,11,15H,2-3,6-10,12-13H2,1H3,(H2,21,26)/p+1/t15-/m1/s1. The zero-order valence-electron chi connectivity index (χ0n) is 15.3. The highest BCUT2D eigenvalue weighted by atomic mass is 35.5. The molecule has 2 heterocycles. The smallest absolute Gasteiger partial charge is 0.277 e. The minimum absolute atomic E-state index is 0.137. The Morgan fingerprint density at radius 1 is 1.27 bits per heavy atom. The summed E-state index contributed by atoms with van der Waals surface area (Å²) in [6, 6.07) is 5.98. The number of hydrogen-bond donors (Lipinski definition) is 2. The van der Waals surface area contributed by atoms with Gasteiger partial charge in [-0.15, -0.1) is 0 Å². The van der Waals surface area contributed by atoms with Gasteiger partial charge < -0.3 is 20.4 Å². The lowest BCUT2D eigenvalue weighted by molar-refractivity contribution is -0.892. The number of piperazine rings is 1. The van der Waals surface area contributed by atoms with Crippen molar-refractivity contribution >= 4 is 29.1 Å². The van der Waals surface area contributed by atoms with Crippen LogP contribution in [0.5, 0.6) is 0 Å². The fourth-order valence-corrected chi connectivity index (χ4v) is 4.09. The summed E-state index contributed by atoms with van der Waals surface area (Å²) in [4.78, 5) is 29.5. The van der Waals surface area contributed by atoms with Crippen LogP contribution in [0.4, 0.5) is 5.69 Å². The molecular weight excluding hydrogens is 352 g/mol. The Morgan fingerprint density at radius 2 is 2.00 bits per heavy atom. The number of likely N-dealkylation sites (tertiary alicyclic amines) is 1. The van der Waals surface area contributed by atoms with E-state index in [2.05, 4.69) is 11.8 Å². The highest BCUT2D eigenvalue weighted by Gasteiger charge is 2.30. The number of piperidine rings is 1. The van der Waals surface area contributed by atoms with Crippen LogP contribution in [-0.4, -0.2) is 62.5 Å². The fourth-order valence-electron chi connectivity index (χ4n) is 3.93. The van der Waals surface area contributed by atoms with Crippen LogP contribution < -0.4 is 15.5 Å². The maximum absolute atomic E-state index is 12.6. The van der Waals surface area contributed by atoms with Crippen molar-refractivity contribution in [2.75, 3.05) is 50.7 Å². The van der Waals surface area contributed by atoms with Crippen LogP contribution in [-0.2, 0) is 9.59 Å². The van der Waals surface area contributed by atoms with Crippen LogP contribution in [0, 0.1) is 12.8 Å². The minimum atomic E-state index is -0.291. The third-order valence-electron chi connectivity index (χ3n) is 5.56. The van der Waals surface area contributed by atoms with E-state index in [0.29, 0.717) is 13.1 Å². The first-order valence-corrected chi connectivity index (χ1v) is 9.73. The molecule has 142 valence electrons. The van der Waals surface area contributed by atoms with Gasteiger partial charge >= 0.3 is 0 Å². The maximum Gasteiger partial charge on any atom is 0.277 e. The Kier molecular flexibility index (Phi) is 6.04. The average molecular weight is 380 g/mol. The predicted octanol–water partition coefficient (Wildman–Crippen LogP) is 0.0772. The van der Waals surface area contributed by atoms with Crippen molar-refractivity contribution in [3.05, 3.63) is 28.8 Å². The average Bonchev–Trinajstić information content (AvgIpc) is 2.64. The first-order chi connectivity index (χ1) is 12.4. The maximum atomic E-state index is 12.6. The molecule has 2 aliphatic rings. The second-order valence-electron chi connectivity index (χ2n) is 7.43. The first kappa shape index (κ1) is 19.0. The second kappa shape index (κ2) is 8.27. The number of amides is 2. The number of hydrogen-bond acceptors (Lipinski definition) is 3. The van der Waals surface area contributed by atoms with E-state index in [4.69, 9.17) is 17.3 Å². The topological polar surface area (TPSA) is 71.1 Å². The van der Waals surface area contributed by atoms with Gasteiger partial charge in [-0.3, -0.25) is 9.59 Å². The molecule has 2 amide bonds. The van der Waals surface area contributed by atoms with Gasteiger partial charge in [0.15, 0.2) is 6.54 Å². The number of benzene rings is 1. The number of rotatable bonds is 4. The molecule has 2 fully saturated rings. The van der Waals surface area contributed by atoms with E-state index >= 15 is 0 Å². The van der Waals surface area contributed by atoms with Crippen LogP contribution in [0.3, 0.4) is 0 Å². The second-order valence-corrected chi connectivity index (χ2v) is 7.86. The number of quaternary nitrogens is 1. The normalized spacial score (nSPS) is 21.7. The molecule has 2 saturated heterocycles. The van der Waals surface area contributed by atoms with Gasteiger partial charge in [-0.2, -0.15) is 0 Å². The lowest BCUT2D eigenvalue weighted by Crippen LogP contribution is -3.16. The molecule has 0 aliphatic carbocycles. The van der Waals surface area contributed by atoms with Crippen LogP contribution >= 0.6 is 11.6 Å². The van der Waals surface area contributed by atoms with Gasteiger partial charge in [-0.1, -0.05) is 17.7 Å². The molecular formula is C19H28ClN4O2+. The first-order valence-electron chi connectivity index (χ1n) is 9.36. The van der Waals surface area contributed by atoms with E-state index in [1.165, 1.54) is 16.2 Å². The van der Waals surface area contributed by atoms with Crippen molar-refractivity contribution in [3.8, 4) is 0 Å². The SMILES string of the molecule is Cc1ccc(Cl)cc1N1CC[NH+](CC(=O)N2CCC[C@@H](C(N)=O)C2)CC1. The van der Waals surface area contributed by atoms with E-state index in [9.17, 15) is 9.59 Å². The molecule has 2 aliphatic heterocycles. The van der Waals surface area contributed by atoms with Crippen molar-refractivity contribution in [2.45, 2.75) is 19.8 Å². The monoisotopic (exact) mass is 379 g/mol. The molecule has 0 radical (unpaired) electrons. The summed E-state index contributed by atoms with van der Waals surface area (Å²) in [5.74, 6) is -0.343. The molecule has 6 nitrogen and oxygen atoms in total. The van der Waals surface area contributed by atoms with E-state index in [-0.39, 0.29) is 17.7 Å². The molecule has 1 aromatic rings. The largest absolute Gasteiger partial charge is 0.369 e. The summed E-state index contributed by atoms with van der Waals surface area (Å²) >= 11 is 6.14. The predicted molar refractivity (Wildman–Crippen MR) is 102 cm³/mol. The molecule has 1 atom stereocenters. The molecule has 7 heteroatoms. The number of nitrogens with two attached hydrogens (primary N) is 1. The number of nitrogens with one attached hydrogen (secondary N) is 1. The van der Waals surface area contributed by atoms with Gasteiger partial charge in [0.05, 0.1) is 32.1 Å². The fraction of sp³-hybridized carbons (Fsp3) is 0.579. The van der Waals surface area contributed by atoms with Crippen LogP contribution in [0.2, 0.25) is 5.02 Å². The number of aryl methyl sites for hydroxylation is 1. The lowest BCUT2D eigenvalue weighted by atomic mass is 9.97. The molecule has 1 aromatic carbocycles. The van der Waals surface area contributed by atoms with Gasteiger partial charge in [-0.25, -0.2) is 0 Å². The van der Waals surface area contributed by atoms with E-state index in [1.807, 2.05) is 23.1 Å². The Morgan fingerprint density at radius 3 is 2.69 bits per heavy atom. The van der Waals surface area contributed by atoms with Crippen molar-refractivity contribution in [1.29, 1.82) is 0 Å². The van der Waals surface area contributed by atoms with E-state index in [0.717, 1.165) is 50.6 Å². The third-order valence-corrected chi connectivity index (χ3v) is 5.80. The summed E-state index contributed by atoms with van der Waals surface area (Å²) in [5.41, 5.74) is 7.82. The lowest BCUT2D eigenvalue weighted by Gasteiger charge is -2.36. The highest BCUT2D eigenvalue weighted by Crippen LogP contribution is 2.24. The number of carbonyl (C=O) groups excluding carboxylic acids is 2. The summed E-state index contributed by atoms with van der Waals surface area (Å²) in [5, 5.41) is 0.754. The highest BCUT2D eigenvalue weighted by molar-refractivity contribution is 6.30.